The molecule has 0 aliphatic heterocycles. The van der Waals surface area contributed by atoms with Crippen LogP contribution in [0.2, 0.25) is 5.02 Å². The fourth-order valence-corrected chi connectivity index (χ4v) is 1.68. The Morgan fingerprint density at radius 3 is 2.65 bits per heavy atom. The van der Waals surface area contributed by atoms with Crippen LogP contribution in [-0.4, -0.2) is 20.2 Å². The second-order valence-electron chi connectivity index (χ2n) is 3.67. The lowest BCUT2D eigenvalue weighted by Crippen LogP contribution is -2.29. The van der Waals surface area contributed by atoms with E-state index < -0.39 is 0 Å². The SMILES string of the molecule is Cn1nnc(CC(NN)c2ccc(Cl)cc2)n1. The number of rotatable bonds is 4. The predicted octanol–water partition coefficient (Wildman–Crippen LogP) is 0.611. The number of aromatic nitrogens is 4. The van der Waals surface area contributed by atoms with Crippen molar-refractivity contribution in [3.63, 3.8) is 0 Å². The number of nitrogens with one attached hydrogen (secondary N) is 1. The third-order valence-electron chi connectivity index (χ3n) is 2.41. The summed E-state index contributed by atoms with van der Waals surface area (Å²) in [5.41, 5.74) is 3.77. The molecule has 6 nitrogen and oxygen atoms in total. The van der Waals surface area contributed by atoms with Crippen LogP contribution in [-0.2, 0) is 13.5 Å². The van der Waals surface area contributed by atoms with Gasteiger partial charge in [-0.15, -0.1) is 10.2 Å². The first kappa shape index (κ1) is 12.0. The van der Waals surface area contributed by atoms with Gasteiger partial charge in [0.2, 0.25) is 0 Å². The zero-order chi connectivity index (χ0) is 12.3. The van der Waals surface area contributed by atoms with Gasteiger partial charge in [0.25, 0.3) is 0 Å². The molecular formula is C10H13ClN6. The maximum atomic E-state index is 5.83. The van der Waals surface area contributed by atoms with E-state index >= 15 is 0 Å². The van der Waals surface area contributed by atoms with Crippen LogP contribution >= 0.6 is 11.6 Å². The molecule has 0 aliphatic carbocycles. The Bertz CT molecular complexity index is 480. The summed E-state index contributed by atoms with van der Waals surface area (Å²) in [4.78, 5) is 1.42. The van der Waals surface area contributed by atoms with Crippen molar-refractivity contribution in [1.29, 1.82) is 0 Å². The summed E-state index contributed by atoms with van der Waals surface area (Å²) in [6.07, 6.45) is 0.575. The Hall–Kier alpha value is -1.50. The molecule has 0 amide bonds. The summed E-state index contributed by atoms with van der Waals surface area (Å²) in [7, 11) is 1.73. The Kier molecular flexibility index (Phi) is 3.68. The highest BCUT2D eigenvalue weighted by atomic mass is 35.5. The zero-order valence-electron chi connectivity index (χ0n) is 9.34. The van der Waals surface area contributed by atoms with Crippen molar-refractivity contribution in [2.24, 2.45) is 12.9 Å². The van der Waals surface area contributed by atoms with E-state index in [0.717, 1.165) is 5.56 Å². The third-order valence-corrected chi connectivity index (χ3v) is 2.66. The number of aryl methyl sites for hydroxylation is 1. The molecule has 0 fully saturated rings. The van der Waals surface area contributed by atoms with Gasteiger partial charge < -0.3 is 0 Å². The highest BCUT2D eigenvalue weighted by Crippen LogP contribution is 2.18. The number of benzene rings is 1. The number of tetrazole rings is 1. The predicted molar refractivity (Wildman–Crippen MR) is 64.0 cm³/mol. The van der Waals surface area contributed by atoms with E-state index in [4.69, 9.17) is 17.4 Å². The van der Waals surface area contributed by atoms with Gasteiger partial charge in [-0.25, -0.2) is 0 Å². The van der Waals surface area contributed by atoms with Crippen molar-refractivity contribution in [1.82, 2.24) is 25.6 Å². The fraction of sp³-hybridized carbons (Fsp3) is 0.300. The first-order valence-electron chi connectivity index (χ1n) is 5.13. The maximum Gasteiger partial charge on any atom is 0.176 e. The topological polar surface area (TPSA) is 81.7 Å². The quantitative estimate of drug-likeness (QED) is 0.616. The minimum atomic E-state index is -0.0588. The van der Waals surface area contributed by atoms with Crippen molar-refractivity contribution in [3.8, 4) is 0 Å². The maximum absolute atomic E-state index is 5.83. The summed E-state index contributed by atoms with van der Waals surface area (Å²) in [6, 6.07) is 7.43. The van der Waals surface area contributed by atoms with Gasteiger partial charge in [0, 0.05) is 11.4 Å². The van der Waals surface area contributed by atoms with Gasteiger partial charge in [0.1, 0.15) is 0 Å². The van der Waals surface area contributed by atoms with Crippen LogP contribution in [0.15, 0.2) is 24.3 Å². The minimum absolute atomic E-state index is 0.0588. The molecule has 1 aromatic heterocycles. The lowest BCUT2D eigenvalue weighted by atomic mass is 10.0. The number of hydrogen-bond acceptors (Lipinski definition) is 5. The molecule has 0 aliphatic rings. The molecule has 1 unspecified atom stereocenters. The molecule has 17 heavy (non-hydrogen) atoms. The molecule has 0 spiro atoms. The van der Waals surface area contributed by atoms with Crippen LogP contribution in [0.3, 0.4) is 0 Å². The Labute approximate surface area is 104 Å². The third kappa shape index (κ3) is 3.00. The molecule has 7 heteroatoms. The van der Waals surface area contributed by atoms with Crippen LogP contribution in [0.4, 0.5) is 0 Å². The highest BCUT2D eigenvalue weighted by Gasteiger charge is 2.13. The van der Waals surface area contributed by atoms with E-state index in [2.05, 4.69) is 20.8 Å². The van der Waals surface area contributed by atoms with Crippen LogP contribution in [0.5, 0.6) is 0 Å². The van der Waals surface area contributed by atoms with Gasteiger partial charge in [-0.1, -0.05) is 23.7 Å². The first-order valence-corrected chi connectivity index (χ1v) is 5.51. The van der Waals surface area contributed by atoms with E-state index in [-0.39, 0.29) is 6.04 Å². The number of nitrogens with zero attached hydrogens (tertiary/aromatic N) is 4. The van der Waals surface area contributed by atoms with Crippen LogP contribution in [0, 0.1) is 0 Å². The zero-order valence-corrected chi connectivity index (χ0v) is 10.1. The molecule has 0 saturated carbocycles. The monoisotopic (exact) mass is 252 g/mol. The van der Waals surface area contributed by atoms with Crippen molar-refractivity contribution in [2.75, 3.05) is 0 Å². The molecule has 2 rings (SSSR count). The van der Waals surface area contributed by atoms with Crippen molar-refractivity contribution in [3.05, 3.63) is 40.7 Å². The molecule has 3 N–H and O–H groups in total. The lowest BCUT2D eigenvalue weighted by molar-refractivity contribution is 0.536. The van der Waals surface area contributed by atoms with Crippen LogP contribution in [0.1, 0.15) is 17.4 Å². The van der Waals surface area contributed by atoms with Gasteiger partial charge >= 0.3 is 0 Å². The lowest BCUT2D eigenvalue weighted by Gasteiger charge is -2.14. The van der Waals surface area contributed by atoms with Crippen LogP contribution < -0.4 is 11.3 Å². The summed E-state index contributed by atoms with van der Waals surface area (Å²) >= 11 is 5.83. The molecule has 1 aromatic carbocycles. The molecule has 1 heterocycles. The normalized spacial score (nSPS) is 12.6. The number of nitrogens with two attached hydrogens (primary N) is 1. The summed E-state index contributed by atoms with van der Waals surface area (Å²) in [5, 5.41) is 12.5. The number of halogens is 1. The average molecular weight is 253 g/mol. The molecule has 0 radical (unpaired) electrons. The molecule has 1 atom stereocenters. The standard InChI is InChI=1S/C10H13ClN6/c1-17-15-10(14-16-17)6-9(13-12)7-2-4-8(11)5-3-7/h2-5,9,13H,6,12H2,1H3. The number of hydrogen-bond donors (Lipinski definition) is 2. The minimum Gasteiger partial charge on any atom is -0.271 e. The molecular weight excluding hydrogens is 240 g/mol. The Balaban J connectivity index is 2.13. The van der Waals surface area contributed by atoms with E-state index in [1.54, 1.807) is 7.05 Å². The first-order chi connectivity index (χ1) is 8.19. The second kappa shape index (κ2) is 5.22. The van der Waals surface area contributed by atoms with E-state index in [1.165, 1.54) is 4.80 Å². The van der Waals surface area contributed by atoms with Gasteiger partial charge in [-0.05, 0) is 22.9 Å². The van der Waals surface area contributed by atoms with E-state index in [1.807, 2.05) is 24.3 Å². The summed E-state index contributed by atoms with van der Waals surface area (Å²) in [6.45, 7) is 0. The Morgan fingerprint density at radius 1 is 1.41 bits per heavy atom. The highest BCUT2D eigenvalue weighted by molar-refractivity contribution is 6.30. The fourth-order valence-electron chi connectivity index (χ4n) is 1.56. The van der Waals surface area contributed by atoms with Gasteiger partial charge in [0.05, 0.1) is 13.1 Å². The molecule has 2 aromatic rings. The molecule has 0 saturated heterocycles. The van der Waals surface area contributed by atoms with Crippen molar-refractivity contribution >= 4 is 11.6 Å². The van der Waals surface area contributed by atoms with Crippen molar-refractivity contribution < 1.29 is 0 Å². The van der Waals surface area contributed by atoms with Gasteiger partial charge in [0.15, 0.2) is 5.82 Å². The van der Waals surface area contributed by atoms with E-state index in [9.17, 15) is 0 Å². The van der Waals surface area contributed by atoms with Gasteiger partial charge in [-0.2, -0.15) is 4.80 Å². The average Bonchev–Trinajstić information content (AvgIpc) is 2.73. The van der Waals surface area contributed by atoms with Crippen molar-refractivity contribution in [2.45, 2.75) is 12.5 Å². The van der Waals surface area contributed by atoms with Gasteiger partial charge in [-0.3, -0.25) is 11.3 Å². The second-order valence-corrected chi connectivity index (χ2v) is 4.11. The van der Waals surface area contributed by atoms with Crippen LogP contribution in [0.25, 0.3) is 0 Å². The summed E-state index contributed by atoms with van der Waals surface area (Å²) in [5.74, 6) is 6.18. The smallest absolute Gasteiger partial charge is 0.176 e. The largest absolute Gasteiger partial charge is 0.271 e. The number of hydrazine groups is 1. The summed E-state index contributed by atoms with van der Waals surface area (Å²) < 4.78 is 0. The van der Waals surface area contributed by atoms with E-state index in [0.29, 0.717) is 17.3 Å². The molecule has 90 valence electrons. The molecule has 0 bridgehead atoms. The Morgan fingerprint density at radius 2 is 2.12 bits per heavy atom.